The number of hydrogen-bond acceptors (Lipinski definition) is 1. The van der Waals surface area contributed by atoms with Crippen LogP contribution < -0.4 is 22.3 Å². The van der Waals surface area contributed by atoms with Crippen LogP contribution in [-0.2, 0) is 4.79 Å². The summed E-state index contributed by atoms with van der Waals surface area (Å²) in [6, 6.07) is 6.12. The lowest BCUT2D eigenvalue weighted by molar-refractivity contribution is -0.113. The van der Waals surface area contributed by atoms with Crippen LogP contribution in [-0.4, -0.2) is 30.6 Å². The second kappa shape index (κ2) is 8.79. The van der Waals surface area contributed by atoms with E-state index in [2.05, 4.69) is 26.1 Å². The lowest BCUT2D eigenvalue weighted by atomic mass is 10.1. The highest BCUT2D eigenvalue weighted by atomic mass is 79.9. The fraction of sp³-hybridized carbons (Fsp3) is 0.562. The van der Waals surface area contributed by atoms with Gasteiger partial charge >= 0.3 is 0 Å². The van der Waals surface area contributed by atoms with Crippen molar-refractivity contribution in [2.75, 3.05) is 30.0 Å². The van der Waals surface area contributed by atoms with Crippen LogP contribution in [0, 0.1) is 13.8 Å². The smallest absolute Gasteiger partial charge is 0.261 e. The molecule has 4 heteroatoms. The van der Waals surface area contributed by atoms with Crippen LogP contribution in [0.2, 0.25) is 0 Å². The van der Waals surface area contributed by atoms with Crippen LogP contribution in [0.1, 0.15) is 31.9 Å². The molecule has 0 fully saturated rings. The first-order valence-electron chi connectivity index (χ1n) is 7.19. The molecule has 0 spiro atoms. The van der Waals surface area contributed by atoms with E-state index < -0.39 is 7.26 Å². The molecule has 1 aromatic rings. The van der Waals surface area contributed by atoms with Gasteiger partial charge in [-0.3, -0.25) is 4.79 Å². The summed E-state index contributed by atoms with van der Waals surface area (Å²) in [5, 5.41) is 3.13. The summed E-state index contributed by atoms with van der Waals surface area (Å²) in [6.07, 6.45) is 4.23. The van der Waals surface area contributed by atoms with Crippen molar-refractivity contribution in [1.29, 1.82) is 0 Å². The zero-order chi connectivity index (χ0) is 14.5. The van der Waals surface area contributed by atoms with Gasteiger partial charge in [0.2, 0.25) is 0 Å². The van der Waals surface area contributed by atoms with E-state index in [0.717, 1.165) is 23.0 Å². The average molecular weight is 360 g/mol. The van der Waals surface area contributed by atoms with E-state index in [9.17, 15) is 4.79 Å². The van der Waals surface area contributed by atoms with Gasteiger partial charge in [-0.15, -0.1) is 0 Å². The number of anilines is 1. The third-order valence-electron chi connectivity index (χ3n) is 4.24. The second-order valence-electron chi connectivity index (χ2n) is 5.26. The number of amides is 1. The Bertz CT molecular complexity index is 416. The maximum absolute atomic E-state index is 12.3. The van der Waals surface area contributed by atoms with Gasteiger partial charge in [0, 0.05) is 12.9 Å². The SMILES string of the molecule is CC[P+](CC)(CC)CC(=O)Nc1c(C)cccc1C.[Br-]. The maximum Gasteiger partial charge on any atom is 0.261 e. The molecule has 0 unspecified atom stereocenters. The summed E-state index contributed by atoms with van der Waals surface area (Å²) in [5.41, 5.74) is 3.28. The van der Waals surface area contributed by atoms with Crippen molar-refractivity contribution in [3.8, 4) is 0 Å². The number of hydrogen-bond donors (Lipinski definition) is 1. The highest BCUT2D eigenvalue weighted by Crippen LogP contribution is 2.57. The fourth-order valence-corrected chi connectivity index (χ4v) is 5.20. The molecule has 2 nitrogen and oxygen atoms in total. The molecule has 0 saturated carbocycles. The van der Waals surface area contributed by atoms with Crippen molar-refractivity contribution in [3.63, 3.8) is 0 Å². The quantitative estimate of drug-likeness (QED) is 0.762. The van der Waals surface area contributed by atoms with Crippen LogP contribution in [0.4, 0.5) is 5.69 Å². The molecule has 1 rings (SSSR count). The van der Waals surface area contributed by atoms with E-state index in [1.165, 1.54) is 18.5 Å². The third kappa shape index (κ3) is 4.86. The third-order valence-corrected chi connectivity index (χ3v) is 9.22. The number of benzene rings is 1. The highest BCUT2D eigenvalue weighted by Gasteiger charge is 2.34. The Balaban J connectivity index is 0.00000361. The Morgan fingerprint density at radius 1 is 1.05 bits per heavy atom. The standard InChI is InChI=1S/C16H26NOP.BrH/c1-6-19(7-2,8-3)12-15(18)17-16-13(4)10-9-11-14(16)5;/h9-11H,6-8,12H2,1-5H3;1H. The number of aryl methyl sites for hydroxylation is 2. The molecular weight excluding hydrogens is 333 g/mol. The Hall–Kier alpha value is -0.400. The zero-order valence-electron chi connectivity index (χ0n) is 13.3. The van der Waals surface area contributed by atoms with Crippen LogP contribution >= 0.6 is 7.26 Å². The predicted octanol–water partition coefficient (Wildman–Crippen LogP) is 1.32. The molecular formula is C16H27BrNOP. The molecule has 20 heavy (non-hydrogen) atoms. The van der Waals surface area contributed by atoms with Gasteiger partial charge in [0.05, 0.1) is 18.5 Å². The molecule has 0 saturated heterocycles. The van der Waals surface area contributed by atoms with Gasteiger partial charge in [0.1, 0.15) is 6.16 Å². The monoisotopic (exact) mass is 359 g/mol. The maximum atomic E-state index is 12.3. The van der Waals surface area contributed by atoms with Gasteiger partial charge in [-0.05, 0) is 45.7 Å². The number of halogens is 1. The van der Waals surface area contributed by atoms with Crippen LogP contribution in [0.3, 0.4) is 0 Å². The normalized spacial score (nSPS) is 10.8. The van der Waals surface area contributed by atoms with Crippen LogP contribution in [0.5, 0.6) is 0 Å². The van der Waals surface area contributed by atoms with Crippen molar-refractivity contribution >= 4 is 18.9 Å². The van der Waals surface area contributed by atoms with Gasteiger partial charge in [0.25, 0.3) is 5.91 Å². The second-order valence-corrected chi connectivity index (χ2v) is 10.2. The van der Waals surface area contributed by atoms with E-state index in [4.69, 9.17) is 0 Å². The van der Waals surface area contributed by atoms with E-state index in [1.807, 2.05) is 32.0 Å². The molecule has 0 bridgehead atoms. The molecule has 0 atom stereocenters. The fourth-order valence-electron chi connectivity index (χ4n) is 2.50. The molecule has 0 radical (unpaired) electrons. The molecule has 1 N–H and O–H groups in total. The Kier molecular flexibility index (Phi) is 8.62. The minimum Gasteiger partial charge on any atom is -1.00 e. The van der Waals surface area contributed by atoms with E-state index in [-0.39, 0.29) is 22.9 Å². The molecule has 0 aliphatic heterocycles. The lowest BCUT2D eigenvalue weighted by Gasteiger charge is -2.23. The summed E-state index contributed by atoms with van der Waals surface area (Å²) in [4.78, 5) is 12.3. The first-order chi connectivity index (χ1) is 8.98. The highest BCUT2D eigenvalue weighted by molar-refractivity contribution is 7.76. The number of para-hydroxylation sites is 1. The van der Waals surface area contributed by atoms with Gasteiger partial charge in [0.15, 0.2) is 0 Å². The first kappa shape index (κ1) is 19.6. The van der Waals surface area contributed by atoms with Crippen LogP contribution in [0.15, 0.2) is 18.2 Å². The van der Waals surface area contributed by atoms with Gasteiger partial charge in [-0.25, -0.2) is 0 Å². The molecule has 0 heterocycles. The topological polar surface area (TPSA) is 29.1 Å². The zero-order valence-corrected chi connectivity index (χ0v) is 15.8. The molecule has 0 aromatic heterocycles. The number of nitrogens with one attached hydrogen (secondary N) is 1. The van der Waals surface area contributed by atoms with E-state index in [0.29, 0.717) is 0 Å². The van der Waals surface area contributed by atoms with Gasteiger partial charge < -0.3 is 22.3 Å². The number of rotatable bonds is 6. The Morgan fingerprint density at radius 2 is 1.50 bits per heavy atom. The number of carbonyl (C=O) groups excluding carboxylic acids is 1. The predicted molar refractivity (Wildman–Crippen MR) is 88.0 cm³/mol. The first-order valence-corrected chi connectivity index (χ1v) is 9.72. The van der Waals surface area contributed by atoms with E-state index >= 15 is 0 Å². The largest absolute Gasteiger partial charge is 1.00 e. The van der Waals surface area contributed by atoms with Crippen molar-refractivity contribution in [2.24, 2.45) is 0 Å². The van der Waals surface area contributed by atoms with Crippen molar-refractivity contribution in [1.82, 2.24) is 0 Å². The van der Waals surface area contributed by atoms with Crippen molar-refractivity contribution < 1.29 is 21.8 Å². The molecule has 0 aliphatic rings. The average Bonchev–Trinajstić information content (AvgIpc) is 2.41. The summed E-state index contributed by atoms with van der Waals surface area (Å²) < 4.78 is 0. The van der Waals surface area contributed by atoms with Crippen molar-refractivity contribution in [2.45, 2.75) is 34.6 Å². The number of carbonyl (C=O) groups is 1. The lowest BCUT2D eigenvalue weighted by Crippen LogP contribution is -3.00. The summed E-state index contributed by atoms with van der Waals surface area (Å²) in [6.45, 7) is 10.8. The minimum absolute atomic E-state index is 0. The minimum atomic E-state index is -1.07. The molecule has 0 aliphatic carbocycles. The van der Waals surface area contributed by atoms with Gasteiger partial charge in [-0.1, -0.05) is 18.2 Å². The van der Waals surface area contributed by atoms with Gasteiger partial charge in [-0.2, -0.15) is 0 Å². The summed E-state index contributed by atoms with van der Waals surface area (Å²) >= 11 is 0. The Morgan fingerprint density at radius 3 is 1.90 bits per heavy atom. The summed E-state index contributed by atoms with van der Waals surface area (Å²) in [5.74, 6) is 0.191. The summed E-state index contributed by atoms with van der Waals surface area (Å²) in [7, 11) is -1.07. The van der Waals surface area contributed by atoms with E-state index in [1.54, 1.807) is 0 Å². The molecule has 1 aromatic carbocycles. The van der Waals surface area contributed by atoms with Crippen LogP contribution in [0.25, 0.3) is 0 Å². The Labute approximate surface area is 134 Å². The molecule has 114 valence electrons. The molecule has 1 amide bonds. The van der Waals surface area contributed by atoms with Crippen molar-refractivity contribution in [3.05, 3.63) is 29.3 Å².